The number of H-pyrrole nitrogens is 1. The summed E-state index contributed by atoms with van der Waals surface area (Å²) in [5.74, 6) is 0.484. The van der Waals surface area contributed by atoms with Crippen LogP contribution in [0.4, 0.5) is 17.3 Å². The smallest absolute Gasteiger partial charge is 0.256 e. The van der Waals surface area contributed by atoms with Crippen LogP contribution in [0.15, 0.2) is 36.4 Å². The first-order chi connectivity index (χ1) is 13.9. The number of benzene rings is 2. The molecule has 2 aromatic carbocycles. The first kappa shape index (κ1) is 20.2. The monoisotopic (exact) mass is 417 g/mol. The summed E-state index contributed by atoms with van der Waals surface area (Å²) >= 11 is 5.98. The van der Waals surface area contributed by atoms with Crippen molar-refractivity contribution in [1.29, 1.82) is 0 Å². The van der Waals surface area contributed by atoms with Gasteiger partial charge in [0.25, 0.3) is 5.91 Å². The van der Waals surface area contributed by atoms with Crippen LogP contribution in [0.2, 0.25) is 5.02 Å². The Balaban J connectivity index is 1.82. The van der Waals surface area contributed by atoms with Crippen LogP contribution >= 0.6 is 11.6 Å². The summed E-state index contributed by atoms with van der Waals surface area (Å²) in [6, 6.07) is 10.2. The lowest BCUT2D eigenvalue weighted by Gasteiger charge is -2.12. The van der Waals surface area contributed by atoms with E-state index in [1.165, 1.54) is 20.3 Å². The number of nitrogens with zero attached hydrogens (tertiary/aromatic N) is 1. The number of hydrogen-bond donors (Lipinski definition) is 5. The average Bonchev–Trinajstić information content (AvgIpc) is 3.08. The van der Waals surface area contributed by atoms with E-state index in [2.05, 4.69) is 20.8 Å². The quantitative estimate of drug-likeness (QED) is 0.379. The Morgan fingerprint density at radius 1 is 1.28 bits per heavy atom. The Morgan fingerprint density at radius 3 is 2.72 bits per heavy atom. The average molecular weight is 418 g/mol. The lowest BCUT2D eigenvalue weighted by atomic mass is 10.1. The van der Waals surface area contributed by atoms with Crippen molar-refractivity contribution >= 4 is 34.8 Å². The Kier molecular flexibility index (Phi) is 5.99. The summed E-state index contributed by atoms with van der Waals surface area (Å²) in [7, 11) is 2.91. The summed E-state index contributed by atoms with van der Waals surface area (Å²) in [6.45, 7) is 0.257. The fraction of sp³-hybridized carbons (Fsp3) is 0.158. The molecule has 3 aromatic rings. The zero-order chi connectivity index (χ0) is 21.0. The first-order valence-electron chi connectivity index (χ1n) is 8.51. The third-order valence-corrected chi connectivity index (χ3v) is 4.32. The summed E-state index contributed by atoms with van der Waals surface area (Å²) in [4.78, 5) is 12.0. The molecule has 0 aliphatic carbocycles. The summed E-state index contributed by atoms with van der Waals surface area (Å²) in [5.41, 5.74) is 7.04. The number of phenols is 1. The number of carbonyl (C=O) groups is 1. The molecule has 0 spiro atoms. The van der Waals surface area contributed by atoms with Crippen LogP contribution in [0, 0.1) is 0 Å². The highest BCUT2D eigenvalue weighted by atomic mass is 35.5. The predicted molar refractivity (Wildman–Crippen MR) is 110 cm³/mol. The van der Waals surface area contributed by atoms with E-state index in [1.807, 2.05) is 0 Å². The molecule has 0 radical (unpaired) electrons. The molecule has 3 rings (SSSR count). The molecule has 29 heavy (non-hydrogen) atoms. The Morgan fingerprint density at radius 2 is 2.07 bits per heavy atom. The number of nitrogens with two attached hydrogens (primary N) is 1. The lowest BCUT2D eigenvalue weighted by molar-refractivity contribution is 0.100. The zero-order valence-electron chi connectivity index (χ0n) is 15.7. The number of phenolic OH excluding ortho intramolecular Hbond substituents is 1. The van der Waals surface area contributed by atoms with Crippen molar-refractivity contribution < 1.29 is 19.4 Å². The highest BCUT2D eigenvalue weighted by Crippen LogP contribution is 2.37. The number of carbonyl (C=O) groups excluding carboxylic acids is 1. The Labute approximate surface area is 171 Å². The first-order valence-corrected chi connectivity index (χ1v) is 8.89. The van der Waals surface area contributed by atoms with Gasteiger partial charge in [-0.3, -0.25) is 9.89 Å². The number of aromatic nitrogens is 2. The number of ether oxygens (including phenoxy) is 2. The minimum Gasteiger partial charge on any atom is -0.504 e. The molecule has 0 unspecified atom stereocenters. The van der Waals surface area contributed by atoms with Gasteiger partial charge in [0.05, 0.1) is 14.2 Å². The number of rotatable bonds is 8. The van der Waals surface area contributed by atoms with Gasteiger partial charge in [-0.25, -0.2) is 0 Å². The fourth-order valence-corrected chi connectivity index (χ4v) is 2.99. The molecular formula is C19H20ClN5O4. The van der Waals surface area contributed by atoms with Gasteiger partial charge in [-0.1, -0.05) is 17.7 Å². The van der Waals surface area contributed by atoms with E-state index in [0.717, 1.165) is 0 Å². The molecule has 0 saturated carbocycles. The number of primary amides is 1. The van der Waals surface area contributed by atoms with Gasteiger partial charge >= 0.3 is 0 Å². The molecule has 0 aliphatic heterocycles. The Bertz CT molecular complexity index is 1040. The number of halogens is 1. The van der Waals surface area contributed by atoms with Crippen LogP contribution in [0.3, 0.4) is 0 Å². The van der Waals surface area contributed by atoms with E-state index < -0.39 is 5.91 Å². The second-order valence-corrected chi connectivity index (χ2v) is 6.46. The van der Waals surface area contributed by atoms with Crippen molar-refractivity contribution in [3.8, 4) is 17.2 Å². The number of hydrogen-bond acceptors (Lipinski definition) is 7. The second-order valence-electron chi connectivity index (χ2n) is 6.03. The summed E-state index contributed by atoms with van der Waals surface area (Å²) < 4.78 is 10.3. The third kappa shape index (κ3) is 4.46. The van der Waals surface area contributed by atoms with Crippen molar-refractivity contribution in [2.45, 2.75) is 6.54 Å². The van der Waals surface area contributed by atoms with Crippen molar-refractivity contribution in [1.82, 2.24) is 10.2 Å². The van der Waals surface area contributed by atoms with Crippen molar-refractivity contribution in [2.75, 3.05) is 24.9 Å². The van der Waals surface area contributed by atoms with Gasteiger partial charge in [0.2, 0.25) is 5.75 Å². The predicted octanol–water partition coefficient (Wildman–Crippen LogP) is 3.24. The highest BCUT2D eigenvalue weighted by Gasteiger charge is 2.19. The van der Waals surface area contributed by atoms with E-state index in [0.29, 0.717) is 27.8 Å². The lowest BCUT2D eigenvalue weighted by Crippen LogP contribution is -2.15. The van der Waals surface area contributed by atoms with Crippen LogP contribution in [-0.4, -0.2) is 35.4 Å². The molecule has 0 atom stereocenters. The molecule has 0 aliphatic rings. The molecule has 0 bridgehead atoms. The SMILES string of the molecule is COc1cc(CNc2[nH]nc(Nc3cccc(Cl)c3)c2C(N)=O)cc(O)c1OC. The number of anilines is 3. The van der Waals surface area contributed by atoms with E-state index in [4.69, 9.17) is 26.8 Å². The topological polar surface area (TPSA) is 135 Å². The largest absolute Gasteiger partial charge is 0.504 e. The highest BCUT2D eigenvalue weighted by molar-refractivity contribution is 6.30. The maximum atomic E-state index is 12.0. The minimum absolute atomic E-state index is 0.0632. The number of aromatic hydroxyl groups is 1. The number of amides is 1. The molecule has 152 valence electrons. The molecule has 1 heterocycles. The van der Waals surface area contributed by atoms with Crippen LogP contribution in [0.1, 0.15) is 15.9 Å². The number of nitrogens with one attached hydrogen (secondary N) is 3. The zero-order valence-corrected chi connectivity index (χ0v) is 16.5. The third-order valence-electron chi connectivity index (χ3n) is 4.09. The molecule has 6 N–H and O–H groups in total. The fourth-order valence-electron chi connectivity index (χ4n) is 2.80. The van der Waals surface area contributed by atoms with Gasteiger partial charge in [0, 0.05) is 17.3 Å². The molecule has 0 saturated heterocycles. The molecule has 1 amide bonds. The van der Waals surface area contributed by atoms with Crippen LogP contribution in [-0.2, 0) is 6.54 Å². The van der Waals surface area contributed by atoms with Gasteiger partial charge in [-0.05, 0) is 35.9 Å². The maximum Gasteiger partial charge on any atom is 0.256 e. The maximum absolute atomic E-state index is 12.0. The standard InChI is InChI=1S/C19H20ClN5O4/c1-28-14-7-10(6-13(26)16(14)29-2)9-22-18-15(17(21)27)19(25-24-18)23-12-5-3-4-11(20)8-12/h3-8,26H,9H2,1-2H3,(H2,21,27)(H3,22,23,24,25). The molecule has 10 heteroatoms. The van der Waals surface area contributed by atoms with E-state index in [-0.39, 0.29) is 29.4 Å². The van der Waals surface area contributed by atoms with Crippen molar-refractivity contribution in [3.05, 3.63) is 52.5 Å². The minimum atomic E-state index is -0.666. The van der Waals surface area contributed by atoms with E-state index in [9.17, 15) is 9.90 Å². The normalized spacial score (nSPS) is 10.4. The van der Waals surface area contributed by atoms with E-state index in [1.54, 1.807) is 30.3 Å². The molecule has 1 aromatic heterocycles. The summed E-state index contributed by atoms with van der Waals surface area (Å²) in [5, 5.41) is 23.6. The van der Waals surface area contributed by atoms with Crippen LogP contribution < -0.4 is 25.8 Å². The van der Waals surface area contributed by atoms with Gasteiger partial charge in [-0.15, -0.1) is 0 Å². The summed E-state index contributed by atoms with van der Waals surface area (Å²) in [6.07, 6.45) is 0. The molecule has 9 nitrogen and oxygen atoms in total. The Hall–Kier alpha value is -3.59. The molecular weight excluding hydrogens is 398 g/mol. The van der Waals surface area contributed by atoms with Gasteiger partial charge in [0.1, 0.15) is 11.4 Å². The van der Waals surface area contributed by atoms with Gasteiger partial charge in [0.15, 0.2) is 17.3 Å². The van der Waals surface area contributed by atoms with Gasteiger partial charge in [-0.2, -0.15) is 5.10 Å². The number of methoxy groups -OCH3 is 2. The second kappa shape index (κ2) is 8.61. The molecule has 0 fully saturated rings. The van der Waals surface area contributed by atoms with Gasteiger partial charge < -0.3 is 30.9 Å². The van der Waals surface area contributed by atoms with Crippen LogP contribution in [0.5, 0.6) is 17.2 Å². The van der Waals surface area contributed by atoms with Crippen molar-refractivity contribution in [2.24, 2.45) is 5.73 Å². The van der Waals surface area contributed by atoms with E-state index >= 15 is 0 Å². The van der Waals surface area contributed by atoms with Crippen LogP contribution in [0.25, 0.3) is 0 Å². The number of aromatic amines is 1. The van der Waals surface area contributed by atoms with Crippen molar-refractivity contribution in [3.63, 3.8) is 0 Å².